The van der Waals surface area contributed by atoms with Gasteiger partial charge in [-0.25, -0.2) is 4.98 Å². The van der Waals surface area contributed by atoms with E-state index in [1.807, 2.05) is 0 Å². The Hall–Kier alpha value is -3.55. The van der Waals surface area contributed by atoms with Crippen LogP contribution < -0.4 is 25.1 Å². The molecule has 4 rings (SSSR count). The van der Waals surface area contributed by atoms with E-state index in [4.69, 9.17) is 14.2 Å². The van der Waals surface area contributed by atoms with E-state index in [0.29, 0.717) is 40.4 Å². The Morgan fingerprint density at radius 3 is 2.71 bits per heavy atom. The molecule has 1 aliphatic rings. The number of benzene rings is 2. The summed E-state index contributed by atoms with van der Waals surface area (Å²) in [7, 11) is 3.07. The monoisotopic (exact) mass is 423 g/mol. The van der Waals surface area contributed by atoms with Crippen LogP contribution in [0.2, 0.25) is 0 Å². The molecule has 0 fully saturated rings. The summed E-state index contributed by atoms with van der Waals surface area (Å²) >= 11 is 0. The first kappa shape index (κ1) is 20.7. The molecule has 8 nitrogen and oxygen atoms in total. The summed E-state index contributed by atoms with van der Waals surface area (Å²) in [6.07, 6.45) is 3.94. The number of methoxy groups -OCH3 is 2. The van der Waals surface area contributed by atoms with Gasteiger partial charge in [0.15, 0.2) is 6.61 Å². The highest BCUT2D eigenvalue weighted by atomic mass is 16.5. The maximum atomic E-state index is 13.0. The molecule has 0 saturated heterocycles. The number of aromatic nitrogens is 2. The first-order valence-electron chi connectivity index (χ1n) is 10.3. The predicted molar refractivity (Wildman–Crippen MR) is 117 cm³/mol. The van der Waals surface area contributed by atoms with Gasteiger partial charge in [-0.3, -0.25) is 14.2 Å². The van der Waals surface area contributed by atoms with Crippen LogP contribution in [0.1, 0.15) is 25.1 Å². The van der Waals surface area contributed by atoms with E-state index < -0.39 is 0 Å². The lowest BCUT2D eigenvalue weighted by atomic mass is 10.2. The van der Waals surface area contributed by atoms with Crippen LogP contribution in [0.4, 0.5) is 5.69 Å². The summed E-state index contributed by atoms with van der Waals surface area (Å²) in [6, 6.07) is 10.3. The smallest absolute Gasteiger partial charge is 0.262 e. The normalized spacial score (nSPS) is 13.2. The minimum absolute atomic E-state index is 0.0575. The summed E-state index contributed by atoms with van der Waals surface area (Å²) in [4.78, 5) is 30.0. The molecular formula is C23H25N3O5. The van der Waals surface area contributed by atoms with Gasteiger partial charge in [0.05, 0.1) is 30.8 Å². The number of nitrogens with one attached hydrogen (secondary N) is 1. The molecule has 0 unspecified atom stereocenters. The quantitative estimate of drug-likeness (QED) is 0.655. The van der Waals surface area contributed by atoms with E-state index >= 15 is 0 Å². The lowest BCUT2D eigenvalue weighted by Gasteiger charge is -2.13. The van der Waals surface area contributed by atoms with Crippen LogP contribution in [0.3, 0.4) is 0 Å². The van der Waals surface area contributed by atoms with Gasteiger partial charge in [-0.15, -0.1) is 0 Å². The van der Waals surface area contributed by atoms with Gasteiger partial charge < -0.3 is 19.5 Å². The molecule has 0 aliphatic carbocycles. The van der Waals surface area contributed by atoms with Gasteiger partial charge in [0, 0.05) is 19.0 Å². The molecule has 0 radical (unpaired) electrons. The van der Waals surface area contributed by atoms with Gasteiger partial charge in [0.2, 0.25) is 0 Å². The number of aryl methyl sites for hydroxylation is 1. The van der Waals surface area contributed by atoms with Crippen LogP contribution in [0.25, 0.3) is 10.9 Å². The second kappa shape index (κ2) is 9.07. The number of carbonyl (C=O) groups excluding carboxylic acids is 1. The summed E-state index contributed by atoms with van der Waals surface area (Å²) in [5.74, 6) is 2.03. The average Bonchev–Trinajstić information content (AvgIpc) is 3.03. The topological polar surface area (TPSA) is 91.7 Å². The van der Waals surface area contributed by atoms with Crippen molar-refractivity contribution in [2.45, 2.75) is 32.2 Å². The first-order chi connectivity index (χ1) is 15.1. The molecule has 3 aromatic rings. The average molecular weight is 423 g/mol. The molecule has 162 valence electrons. The number of amides is 1. The molecule has 1 N–H and O–H groups in total. The Balaban J connectivity index is 1.50. The zero-order chi connectivity index (χ0) is 21.8. The Kier molecular flexibility index (Phi) is 6.06. The largest absolute Gasteiger partial charge is 0.497 e. The van der Waals surface area contributed by atoms with E-state index in [9.17, 15) is 9.59 Å². The molecule has 2 aromatic carbocycles. The fourth-order valence-corrected chi connectivity index (χ4v) is 3.73. The minimum atomic E-state index is -0.358. The van der Waals surface area contributed by atoms with Crippen molar-refractivity contribution in [1.82, 2.24) is 9.55 Å². The fraction of sp³-hybridized carbons (Fsp3) is 0.348. The number of nitrogens with zero attached hydrogens (tertiary/aromatic N) is 2. The highest BCUT2D eigenvalue weighted by Crippen LogP contribution is 2.29. The number of anilines is 1. The van der Waals surface area contributed by atoms with Crippen molar-refractivity contribution < 1.29 is 19.0 Å². The number of hydrogen-bond acceptors (Lipinski definition) is 6. The number of rotatable bonds is 6. The predicted octanol–water partition coefficient (Wildman–Crippen LogP) is 3.16. The molecule has 31 heavy (non-hydrogen) atoms. The summed E-state index contributed by atoms with van der Waals surface area (Å²) in [5.41, 5.74) is 1.08. The van der Waals surface area contributed by atoms with Crippen LogP contribution >= 0.6 is 0 Å². The molecule has 0 atom stereocenters. The Morgan fingerprint density at radius 2 is 1.90 bits per heavy atom. The van der Waals surface area contributed by atoms with E-state index in [1.54, 1.807) is 48.1 Å². The standard InChI is InChI=1S/C23H25N3O5/c1-29-15-8-10-20(30-2)19(13-15)25-22(27)14-31-16-7-9-18-17(12-16)23(28)26-11-5-3-4-6-21(26)24-18/h7-10,12-13H,3-6,11,14H2,1-2H3,(H,25,27). The second-order valence-electron chi connectivity index (χ2n) is 7.38. The third-order valence-electron chi connectivity index (χ3n) is 5.34. The molecule has 0 spiro atoms. The molecule has 2 heterocycles. The number of fused-ring (bicyclic) bond motifs is 2. The Bertz CT molecular complexity index is 1170. The molecule has 1 aliphatic heterocycles. The maximum Gasteiger partial charge on any atom is 0.262 e. The highest BCUT2D eigenvalue weighted by Gasteiger charge is 2.15. The van der Waals surface area contributed by atoms with Crippen molar-refractivity contribution in [3.8, 4) is 17.2 Å². The SMILES string of the molecule is COc1ccc(OC)c(NC(=O)COc2ccc3nc4n(c(=O)c3c2)CCCCC4)c1. The molecule has 1 amide bonds. The maximum absolute atomic E-state index is 13.0. The molecule has 0 bridgehead atoms. The van der Waals surface area contributed by atoms with Crippen molar-refractivity contribution in [3.63, 3.8) is 0 Å². The van der Waals surface area contributed by atoms with E-state index in [-0.39, 0.29) is 18.1 Å². The number of hydrogen-bond donors (Lipinski definition) is 1. The van der Waals surface area contributed by atoms with Crippen LogP contribution in [0.15, 0.2) is 41.2 Å². The second-order valence-corrected chi connectivity index (χ2v) is 7.38. The van der Waals surface area contributed by atoms with Crippen molar-refractivity contribution >= 4 is 22.5 Å². The van der Waals surface area contributed by atoms with E-state index in [1.165, 1.54) is 7.11 Å². The number of carbonyl (C=O) groups is 1. The lowest BCUT2D eigenvalue weighted by Crippen LogP contribution is -2.24. The third kappa shape index (κ3) is 4.47. The van der Waals surface area contributed by atoms with Crippen LogP contribution in [-0.2, 0) is 17.8 Å². The van der Waals surface area contributed by atoms with Crippen molar-refractivity contribution in [2.75, 3.05) is 26.1 Å². The Labute approximate surface area is 179 Å². The van der Waals surface area contributed by atoms with Gasteiger partial charge in [0.25, 0.3) is 11.5 Å². The van der Waals surface area contributed by atoms with Crippen molar-refractivity contribution in [2.24, 2.45) is 0 Å². The lowest BCUT2D eigenvalue weighted by molar-refractivity contribution is -0.118. The first-order valence-corrected chi connectivity index (χ1v) is 10.3. The van der Waals surface area contributed by atoms with Gasteiger partial charge >= 0.3 is 0 Å². The highest BCUT2D eigenvalue weighted by molar-refractivity contribution is 5.93. The minimum Gasteiger partial charge on any atom is -0.497 e. The van der Waals surface area contributed by atoms with Gasteiger partial charge in [-0.05, 0) is 43.2 Å². The van der Waals surface area contributed by atoms with Crippen LogP contribution in [0.5, 0.6) is 17.2 Å². The van der Waals surface area contributed by atoms with Crippen molar-refractivity contribution in [3.05, 3.63) is 52.6 Å². The fourth-order valence-electron chi connectivity index (χ4n) is 3.73. The molecule has 0 saturated carbocycles. The Morgan fingerprint density at radius 1 is 1.06 bits per heavy atom. The van der Waals surface area contributed by atoms with Crippen LogP contribution in [0, 0.1) is 0 Å². The van der Waals surface area contributed by atoms with E-state index in [2.05, 4.69) is 10.3 Å². The summed E-state index contributed by atoms with van der Waals surface area (Å²) in [5, 5.41) is 3.25. The van der Waals surface area contributed by atoms with Gasteiger partial charge in [-0.1, -0.05) is 6.42 Å². The molecule has 8 heteroatoms. The van der Waals surface area contributed by atoms with Crippen LogP contribution in [-0.4, -0.2) is 36.3 Å². The van der Waals surface area contributed by atoms with Crippen molar-refractivity contribution in [1.29, 1.82) is 0 Å². The zero-order valence-electron chi connectivity index (χ0n) is 17.6. The molecular weight excluding hydrogens is 398 g/mol. The zero-order valence-corrected chi connectivity index (χ0v) is 17.6. The van der Waals surface area contributed by atoms with Gasteiger partial charge in [-0.2, -0.15) is 0 Å². The third-order valence-corrected chi connectivity index (χ3v) is 5.34. The number of ether oxygens (including phenoxy) is 3. The van der Waals surface area contributed by atoms with Gasteiger partial charge in [0.1, 0.15) is 23.1 Å². The van der Waals surface area contributed by atoms with E-state index in [0.717, 1.165) is 31.5 Å². The summed E-state index contributed by atoms with van der Waals surface area (Å²) < 4.78 is 17.9. The summed E-state index contributed by atoms with van der Waals surface area (Å²) in [6.45, 7) is 0.471. The molecule has 1 aromatic heterocycles.